The molecule has 0 aliphatic heterocycles. The van der Waals surface area contributed by atoms with Crippen LogP contribution in [0.3, 0.4) is 0 Å². The second-order valence-electron chi connectivity index (χ2n) is 4.74. The summed E-state index contributed by atoms with van der Waals surface area (Å²) in [6.45, 7) is 10.0. The minimum absolute atomic E-state index is 0.00678. The normalized spacial score (nSPS) is 16.7. The molecule has 1 heterocycles. The Hall–Kier alpha value is -0.480. The Morgan fingerprint density at radius 2 is 1.86 bits per heavy atom. The van der Waals surface area contributed by atoms with Crippen LogP contribution in [0.4, 0.5) is 0 Å². The van der Waals surface area contributed by atoms with Crippen LogP contribution < -0.4 is 0 Å². The minimum atomic E-state index is -0.365. The van der Waals surface area contributed by atoms with Gasteiger partial charge in [0, 0.05) is 11.3 Å². The lowest BCUT2D eigenvalue weighted by molar-refractivity contribution is 0.168. The van der Waals surface area contributed by atoms with Gasteiger partial charge in [0.25, 0.3) is 0 Å². The summed E-state index contributed by atoms with van der Waals surface area (Å²) in [5, 5.41) is 10.3. The summed E-state index contributed by atoms with van der Waals surface area (Å²) < 4.78 is 4.31. The van der Waals surface area contributed by atoms with E-state index < -0.39 is 0 Å². The monoisotopic (exact) mass is 214 g/mol. The van der Waals surface area contributed by atoms with Gasteiger partial charge < -0.3 is 5.11 Å². The van der Waals surface area contributed by atoms with E-state index in [9.17, 15) is 5.11 Å². The van der Waals surface area contributed by atoms with E-state index in [0.29, 0.717) is 0 Å². The van der Waals surface area contributed by atoms with E-state index in [1.54, 1.807) is 6.92 Å². The first-order valence-corrected chi connectivity index (χ1v) is 5.62. The van der Waals surface area contributed by atoms with Gasteiger partial charge in [-0.1, -0.05) is 27.7 Å². The van der Waals surface area contributed by atoms with Gasteiger partial charge in [-0.3, -0.25) is 0 Å². The van der Waals surface area contributed by atoms with Crippen molar-refractivity contribution >= 4 is 11.5 Å². The molecule has 1 aromatic rings. The average Bonchev–Trinajstić information content (AvgIpc) is 2.49. The van der Waals surface area contributed by atoms with Crippen molar-refractivity contribution in [2.45, 2.75) is 52.1 Å². The number of aromatic nitrogens is 2. The Labute approximate surface area is 89.4 Å². The zero-order valence-corrected chi connectivity index (χ0v) is 10.2. The zero-order chi connectivity index (χ0) is 10.9. The van der Waals surface area contributed by atoms with Crippen LogP contribution in [0, 0.1) is 0 Å². The van der Waals surface area contributed by atoms with Crippen molar-refractivity contribution in [3.63, 3.8) is 0 Å². The summed E-state index contributed by atoms with van der Waals surface area (Å²) in [5.41, 5.74) is -0.00678. The number of hydrogen-bond donors (Lipinski definition) is 1. The molecule has 80 valence electrons. The van der Waals surface area contributed by atoms with E-state index in [4.69, 9.17) is 0 Å². The summed E-state index contributed by atoms with van der Waals surface area (Å²) in [7, 11) is 0. The molecule has 0 bridgehead atoms. The molecule has 0 aliphatic carbocycles. The fraction of sp³-hybridized carbons (Fsp3) is 0.800. The first-order valence-electron chi connectivity index (χ1n) is 4.84. The lowest BCUT2D eigenvalue weighted by atomic mass is 9.96. The third-order valence-electron chi connectivity index (χ3n) is 2.23. The molecule has 1 rings (SSSR count). The van der Waals surface area contributed by atoms with E-state index in [0.717, 1.165) is 10.8 Å². The fourth-order valence-electron chi connectivity index (χ4n) is 0.931. The van der Waals surface area contributed by atoms with Crippen molar-refractivity contribution in [2.75, 3.05) is 0 Å². The van der Waals surface area contributed by atoms with E-state index in [1.807, 2.05) is 6.92 Å². The lowest BCUT2D eigenvalue weighted by Crippen LogP contribution is -2.15. The van der Waals surface area contributed by atoms with Crippen molar-refractivity contribution in [3.8, 4) is 0 Å². The molecule has 0 saturated heterocycles. The summed E-state index contributed by atoms with van der Waals surface area (Å²) in [6.07, 6.45) is -0.365. The van der Waals surface area contributed by atoms with Crippen molar-refractivity contribution < 1.29 is 5.11 Å². The van der Waals surface area contributed by atoms with Gasteiger partial charge in [-0.05, 0) is 18.5 Å². The number of rotatable bonds is 2. The van der Waals surface area contributed by atoms with Crippen molar-refractivity contribution in [1.29, 1.82) is 0 Å². The summed E-state index contributed by atoms with van der Waals surface area (Å²) >= 11 is 1.39. The van der Waals surface area contributed by atoms with Crippen LogP contribution in [0.5, 0.6) is 0 Å². The molecule has 3 nitrogen and oxygen atoms in total. The highest BCUT2D eigenvalue weighted by molar-refractivity contribution is 7.05. The maximum atomic E-state index is 9.43. The standard InChI is InChI=1S/C10H18N2OS/c1-6(7(2)13)8-11-9(12-14-8)10(3,4)5/h6-7,13H,1-5H3. The van der Waals surface area contributed by atoms with Gasteiger partial charge in [-0.25, -0.2) is 4.98 Å². The van der Waals surface area contributed by atoms with Crippen LogP contribution in [-0.4, -0.2) is 20.6 Å². The van der Waals surface area contributed by atoms with Gasteiger partial charge >= 0.3 is 0 Å². The second kappa shape index (κ2) is 3.95. The van der Waals surface area contributed by atoms with Crippen molar-refractivity contribution in [1.82, 2.24) is 9.36 Å². The van der Waals surface area contributed by atoms with E-state index >= 15 is 0 Å². The summed E-state index contributed by atoms with van der Waals surface area (Å²) in [4.78, 5) is 4.45. The molecule has 0 amide bonds. The number of hydrogen-bond acceptors (Lipinski definition) is 4. The molecule has 1 N–H and O–H groups in total. The first-order chi connectivity index (χ1) is 6.32. The number of aliphatic hydroxyl groups is 1. The van der Waals surface area contributed by atoms with Crippen LogP contribution in [0.15, 0.2) is 0 Å². The Morgan fingerprint density at radius 3 is 2.21 bits per heavy atom. The molecular weight excluding hydrogens is 196 g/mol. The van der Waals surface area contributed by atoms with Crippen LogP contribution in [0.1, 0.15) is 51.4 Å². The molecular formula is C10H18N2OS. The predicted octanol–water partition coefficient (Wildman–Crippen LogP) is 2.32. The van der Waals surface area contributed by atoms with Gasteiger partial charge in [-0.2, -0.15) is 4.37 Å². The highest BCUT2D eigenvalue weighted by atomic mass is 32.1. The van der Waals surface area contributed by atoms with Crippen molar-refractivity contribution in [3.05, 3.63) is 10.8 Å². The predicted molar refractivity (Wildman–Crippen MR) is 58.7 cm³/mol. The van der Waals surface area contributed by atoms with E-state index in [2.05, 4.69) is 30.1 Å². The fourth-order valence-corrected chi connectivity index (χ4v) is 1.92. The third-order valence-corrected chi connectivity index (χ3v) is 3.14. The molecule has 0 aliphatic rings. The summed E-state index contributed by atoms with van der Waals surface area (Å²) in [6, 6.07) is 0. The maximum Gasteiger partial charge on any atom is 0.147 e. The third kappa shape index (κ3) is 2.51. The van der Waals surface area contributed by atoms with Crippen LogP contribution >= 0.6 is 11.5 Å². The Kier molecular flexibility index (Phi) is 3.27. The molecule has 2 atom stereocenters. The minimum Gasteiger partial charge on any atom is -0.393 e. The largest absolute Gasteiger partial charge is 0.393 e. The Bertz CT molecular complexity index is 301. The van der Waals surface area contributed by atoms with Gasteiger partial charge in [0.1, 0.15) is 10.8 Å². The number of nitrogens with zero attached hydrogens (tertiary/aromatic N) is 2. The van der Waals surface area contributed by atoms with Crippen LogP contribution in [-0.2, 0) is 5.41 Å². The maximum absolute atomic E-state index is 9.43. The molecule has 2 unspecified atom stereocenters. The second-order valence-corrected chi connectivity index (χ2v) is 5.52. The van der Waals surface area contributed by atoms with Crippen LogP contribution in [0.25, 0.3) is 0 Å². The molecule has 14 heavy (non-hydrogen) atoms. The average molecular weight is 214 g/mol. The zero-order valence-electron chi connectivity index (χ0n) is 9.40. The highest BCUT2D eigenvalue weighted by Gasteiger charge is 2.22. The topological polar surface area (TPSA) is 46.0 Å². The molecule has 0 spiro atoms. The quantitative estimate of drug-likeness (QED) is 0.821. The van der Waals surface area contributed by atoms with E-state index in [1.165, 1.54) is 11.5 Å². The Balaban J connectivity index is 2.89. The van der Waals surface area contributed by atoms with Gasteiger partial charge in [0.2, 0.25) is 0 Å². The van der Waals surface area contributed by atoms with Gasteiger partial charge in [0.05, 0.1) is 6.10 Å². The molecule has 4 heteroatoms. The van der Waals surface area contributed by atoms with Crippen LogP contribution in [0.2, 0.25) is 0 Å². The molecule has 0 aromatic carbocycles. The van der Waals surface area contributed by atoms with E-state index in [-0.39, 0.29) is 17.4 Å². The molecule has 0 saturated carbocycles. The Morgan fingerprint density at radius 1 is 1.29 bits per heavy atom. The lowest BCUT2D eigenvalue weighted by Gasteiger charge is -2.13. The molecule has 1 aromatic heterocycles. The summed E-state index contributed by atoms with van der Waals surface area (Å²) in [5.74, 6) is 0.939. The number of aliphatic hydroxyl groups excluding tert-OH is 1. The van der Waals surface area contributed by atoms with Gasteiger partial charge in [-0.15, -0.1) is 0 Å². The van der Waals surface area contributed by atoms with Gasteiger partial charge in [0.15, 0.2) is 0 Å². The molecule has 0 radical (unpaired) electrons. The van der Waals surface area contributed by atoms with Crippen molar-refractivity contribution in [2.24, 2.45) is 0 Å². The smallest absolute Gasteiger partial charge is 0.147 e. The molecule has 0 fully saturated rings. The SMILES string of the molecule is CC(O)C(C)c1nc(C(C)(C)C)ns1. The first kappa shape index (κ1) is 11.6. The highest BCUT2D eigenvalue weighted by Crippen LogP contribution is 2.26.